The molecule has 2 aliphatic rings. The largest absolute Gasteiger partial charge is 0.357 e. The third kappa shape index (κ3) is 2.52. The fourth-order valence-electron chi connectivity index (χ4n) is 2.33. The predicted molar refractivity (Wildman–Crippen MR) is 80.1 cm³/mol. The number of imidazole rings is 1. The van der Waals surface area contributed by atoms with Crippen LogP contribution in [0.15, 0.2) is 42.9 Å². The van der Waals surface area contributed by atoms with Gasteiger partial charge in [0.25, 0.3) is 0 Å². The summed E-state index contributed by atoms with van der Waals surface area (Å²) in [5.41, 5.74) is 1.84. The van der Waals surface area contributed by atoms with Crippen LogP contribution < -0.4 is 0 Å². The standard InChI is InChI=1S/C16H18N4O/c1-11(2)14-18-13-9-17-10-20(15(13)19-14)16(21-3)12-7-5-4-6-8-12/h4-11,16H,1-3H3. The van der Waals surface area contributed by atoms with Gasteiger partial charge in [-0.25, -0.2) is 15.0 Å². The van der Waals surface area contributed by atoms with Crippen LogP contribution in [-0.2, 0) is 4.74 Å². The van der Waals surface area contributed by atoms with Crippen LogP contribution in [0.5, 0.6) is 0 Å². The van der Waals surface area contributed by atoms with Gasteiger partial charge in [-0.15, -0.1) is 0 Å². The van der Waals surface area contributed by atoms with E-state index in [0.29, 0.717) is 0 Å². The minimum absolute atomic E-state index is 0.265. The average molecular weight is 282 g/mol. The minimum Gasteiger partial charge on any atom is -0.357 e. The second-order valence-electron chi connectivity index (χ2n) is 5.25. The highest BCUT2D eigenvalue weighted by Crippen LogP contribution is 2.27. The van der Waals surface area contributed by atoms with E-state index < -0.39 is 0 Å². The van der Waals surface area contributed by atoms with Gasteiger partial charge in [0, 0.05) is 18.6 Å². The predicted octanol–water partition coefficient (Wildman–Crippen LogP) is 3.09. The summed E-state index contributed by atoms with van der Waals surface area (Å²) in [4.78, 5) is 13.4. The summed E-state index contributed by atoms with van der Waals surface area (Å²) in [6.07, 6.45) is 3.21. The molecule has 1 unspecified atom stereocenters. The summed E-state index contributed by atoms with van der Waals surface area (Å²) in [5, 5.41) is 0. The van der Waals surface area contributed by atoms with Crippen molar-refractivity contribution in [3.63, 3.8) is 0 Å². The maximum absolute atomic E-state index is 5.66. The van der Waals surface area contributed by atoms with Gasteiger partial charge in [0.1, 0.15) is 11.5 Å². The fourth-order valence-corrected chi connectivity index (χ4v) is 2.33. The highest BCUT2D eigenvalue weighted by Gasteiger charge is 2.21. The van der Waals surface area contributed by atoms with E-state index in [1.807, 2.05) is 34.9 Å². The summed E-state index contributed by atoms with van der Waals surface area (Å²) >= 11 is 0. The molecule has 0 aromatic heterocycles. The number of ether oxygens (including phenoxy) is 1. The molecule has 0 spiro atoms. The van der Waals surface area contributed by atoms with Crippen LogP contribution in [0.2, 0.25) is 0 Å². The quantitative estimate of drug-likeness (QED) is 0.738. The molecule has 0 aliphatic carbocycles. The number of benzene rings is 1. The number of rotatable bonds is 4. The first kappa shape index (κ1) is 13.7. The molecule has 2 aliphatic heterocycles. The zero-order valence-electron chi connectivity index (χ0n) is 12.4. The summed E-state index contributed by atoms with van der Waals surface area (Å²) in [7, 11) is 1.68. The van der Waals surface area contributed by atoms with E-state index in [1.54, 1.807) is 19.6 Å². The van der Waals surface area contributed by atoms with Crippen molar-refractivity contribution < 1.29 is 4.74 Å². The molecule has 2 heterocycles. The number of fused-ring (bicyclic) bond motifs is 1. The number of methoxy groups -OCH3 is 1. The van der Waals surface area contributed by atoms with Gasteiger partial charge in [-0.3, -0.25) is 4.57 Å². The zero-order chi connectivity index (χ0) is 14.8. The van der Waals surface area contributed by atoms with Gasteiger partial charge in [-0.2, -0.15) is 0 Å². The lowest BCUT2D eigenvalue weighted by Crippen LogP contribution is -2.16. The van der Waals surface area contributed by atoms with Crippen LogP contribution in [0.1, 0.15) is 37.4 Å². The number of aromatic nitrogens is 4. The lowest BCUT2D eigenvalue weighted by Gasteiger charge is -2.20. The number of nitrogens with zero attached hydrogens (tertiary/aromatic N) is 4. The van der Waals surface area contributed by atoms with Crippen LogP contribution in [0, 0.1) is 0 Å². The van der Waals surface area contributed by atoms with Crippen molar-refractivity contribution in [3.8, 4) is 11.5 Å². The Morgan fingerprint density at radius 3 is 2.52 bits per heavy atom. The van der Waals surface area contributed by atoms with Crippen molar-refractivity contribution in [2.24, 2.45) is 0 Å². The van der Waals surface area contributed by atoms with E-state index in [9.17, 15) is 0 Å². The van der Waals surface area contributed by atoms with E-state index in [2.05, 4.69) is 28.8 Å². The zero-order valence-corrected chi connectivity index (χ0v) is 12.4. The molecule has 1 aromatic carbocycles. The van der Waals surface area contributed by atoms with Crippen LogP contribution in [-0.4, -0.2) is 26.6 Å². The maximum atomic E-state index is 5.66. The molecule has 108 valence electrons. The third-order valence-electron chi connectivity index (χ3n) is 3.39. The minimum atomic E-state index is -0.265. The van der Waals surface area contributed by atoms with Crippen molar-refractivity contribution in [1.29, 1.82) is 0 Å². The van der Waals surface area contributed by atoms with Gasteiger partial charge in [-0.05, 0) is 0 Å². The highest BCUT2D eigenvalue weighted by atomic mass is 16.5. The second-order valence-corrected chi connectivity index (χ2v) is 5.25. The van der Waals surface area contributed by atoms with E-state index >= 15 is 0 Å². The third-order valence-corrected chi connectivity index (χ3v) is 3.39. The van der Waals surface area contributed by atoms with Crippen LogP contribution in [0.25, 0.3) is 11.5 Å². The molecule has 0 bridgehead atoms. The van der Waals surface area contributed by atoms with Gasteiger partial charge in [0.05, 0.1) is 12.5 Å². The Bertz CT molecular complexity index is 693. The van der Waals surface area contributed by atoms with Crippen LogP contribution in [0.3, 0.4) is 0 Å². The van der Waals surface area contributed by atoms with Crippen molar-refractivity contribution in [1.82, 2.24) is 19.5 Å². The van der Waals surface area contributed by atoms with Gasteiger partial charge in [-0.1, -0.05) is 44.2 Å². The normalized spacial score (nSPS) is 13.0. The summed E-state index contributed by atoms with van der Waals surface area (Å²) in [6.45, 7) is 4.16. The first-order chi connectivity index (χ1) is 10.2. The Morgan fingerprint density at radius 2 is 1.86 bits per heavy atom. The topological polar surface area (TPSA) is 52.8 Å². The molecule has 0 amide bonds. The molecular formula is C16H18N4O. The van der Waals surface area contributed by atoms with Crippen molar-refractivity contribution >= 4 is 0 Å². The van der Waals surface area contributed by atoms with Crippen LogP contribution >= 0.6 is 0 Å². The Morgan fingerprint density at radius 1 is 1.10 bits per heavy atom. The summed E-state index contributed by atoms with van der Waals surface area (Å²) in [5.74, 6) is 1.91. The van der Waals surface area contributed by atoms with Crippen molar-refractivity contribution in [2.75, 3.05) is 7.11 Å². The Labute approximate surface area is 124 Å². The molecular weight excluding hydrogens is 264 g/mol. The Hall–Kier alpha value is -2.27. The molecule has 0 saturated carbocycles. The molecule has 5 heteroatoms. The summed E-state index contributed by atoms with van der Waals surface area (Å²) < 4.78 is 7.58. The molecule has 1 atom stereocenters. The van der Waals surface area contributed by atoms with E-state index in [1.165, 1.54) is 0 Å². The Kier molecular flexibility index (Phi) is 3.66. The van der Waals surface area contributed by atoms with Gasteiger partial charge >= 0.3 is 0 Å². The number of hydrogen-bond acceptors (Lipinski definition) is 4. The summed E-state index contributed by atoms with van der Waals surface area (Å²) in [6, 6.07) is 10.0. The van der Waals surface area contributed by atoms with E-state index in [-0.39, 0.29) is 12.1 Å². The van der Waals surface area contributed by atoms with Crippen molar-refractivity contribution in [2.45, 2.75) is 26.0 Å². The van der Waals surface area contributed by atoms with E-state index in [0.717, 1.165) is 22.9 Å². The molecule has 3 rings (SSSR count). The van der Waals surface area contributed by atoms with Crippen LogP contribution in [0.4, 0.5) is 0 Å². The highest BCUT2D eigenvalue weighted by molar-refractivity contribution is 5.51. The number of hydrogen-bond donors (Lipinski definition) is 0. The monoisotopic (exact) mass is 282 g/mol. The molecule has 1 aromatic rings. The van der Waals surface area contributed by atoms with Gasteiger partial charge < -0.3 is 4.74 Å². The first-order valence-corrected chi connectivity index (χ1v) is 6.98. The van der Waals surface area contributed by atoms with E-state index in [4.69, 9.17) is 4.74 Å². The smallest absolute Gasteiger partial charge is 0.165 e. The molecule has 0 saturated heterocycles. The lowest BCUT2D eigenvalue weighted by atomic mass is 10.2. The molecule has 0 N–H and O–H groups in total. The second kappa shape index (κ2) is 5.61. The van der Waals surface area contributed by atoms with Gasteiger partial charge in [0.15, 0.2) is 12.1 Å². The molecule has 0 radical (unpaired) electrons. The molecule has 5 nitrogen and oxygen atoms in total. The SMILES string of the molecule is COC(c1ccccc1)n1cncc2nc(C(C)C)nc1-2. The fraction of sp³-hybridized carbons (Fsp3) is 0.312. The lowest BCUT2D eigenvalue weighted by molar-refractivity contribution is 0.0779. The first-order valence-electron chi connectivity index (χ1n) is 6.98. The Balaban J connectivity index is 2.11. The maximum Gasteiger partial charge on any atom is 0.165 e. The molecule has 0 fully saturated rings. The van der Waals surface area contributed by atoms with Gasteiger partial charge in [0.2, 0.25) is 0 Å². The average Bonchev–Trinajstić information content (AvgIpc) is 2.94. The molecule has 21 heavy (non-hydrogen) atoms. The van der Waals surface area contributed by atoms with Crippen molar-refractivity contribution in [3.05, 3.63) is 54.2 Å².